The zero-order chi connectivity index (χ0) is 17.2. The molecule has 0 atom stereocenters. The Morgan fingerprint density at radius 2 is 2.00 bits per heavy atom. The van der Waals surface area contributed by atoms with Crippen LogP contribution in [0.5, 0.6) is 0 Å². The van der Waals surface area contributed by atoms with Crippen molar-refractivity contribution in [1.29, 1.82) is 0 Å². The van der Waals surface area contributed by atoms with E-state index in [-0.39, 0.29) is 17.9 Å². The van der Waals surface area contributed by atoms with Crippen molar-refractivity contribution in [2.45, 2.75) is 25.8 Å². The minimum atomic E-state index is -0.197. The third kappa shape index (κ3) is 3.60. The van der Waals surface area contributed by atoms with E-state index < -0.39 is 0 Å². The first-order chi connectivity index (χ1) is 11.5. The van der Waals surface area contributed by atoms with Gasteiger partial charge in [0.05, 0.1) is 17.4 Å². The Hall–Kier alpha value is -2.33. The normalized spacial score (nSPS) is 11.6. The Morgan fingerprint density at radius 3 is 2.79 bits per heavy atom. The van der Waals surface area contributed by atoms with Gasteiger partial charge in [0, 0.05) is 17.0 Å². The van der Waals surface area contributed by atoms with Gasteiger partial charge in [-0.25, -0.2) is 4.98 Å². The van der Waals surface area contributed by atoms with E-state index in [9.17, 15) is 4.79 Å². The summed E-state index contributed by atoms with van der Waals surface area (Å²) >= 11 is 6.07. The molecule has 0 unspecified atom stereocenters. The van der Waals surface area contributed by atoms with Gasteiger partial charge in [-0.3, -0.25) is 4.79 Å². The molecule has 3 rings (SSSR count). The van der Waals surface area contributed by atoms with Crippen LogP contribution in [0.25, 0.3) is 11.0 Å². The molecule has 2 aromatic carbocycles. The molecule has 0 spiro atoms. The molecular formula is C19H20ClN3O. The van der Waals surface area contributed by atoms with Crippen LogP contribution in [0.3, 0.4) is 0 Å². The molecule has 1 amide bonds. The summed E-state index contributed by atoms with van der Waals surface area (Å²) in [6, 6.07) is 15.5. The summed E-state index contributed by atoms with van der Waals surface area (Å²) in [6.45, 7) is 4.97. The van der Waals surface area contributed by atoms with Crippen LogP contribution in [-0.4, -0.2) is 22.0 Å². The maximum Gasteiger partial charge on any atom is 0.240 e. The van der Waals surface area contributed by atoms with Crippen LogP contribution < -0.4 is 5.32 Å². The van der Waals surface area contributed by atoms with Crippen molar-refractivity contribution in [3.8, 4) is 0 Å². The molecule has 0 aliphatic rings. The summed E-state index contributed by atoms with van der Waals surface area (Å²) in [4.78, 5) is 16.6. The fourth-order valence-corrected chi connectivity index (χ4v) is 2.87. The highest BCUT2D eigenvalue weighted by Crippen LogP contribution is 2.24. The van der Waals surface area contributed by atoms with E-state index in [0.717, 1.165) is 16.6 Å². The van der Waals surface area contributed by atoms with Crippen molar-refractivity contribution >= 4 is 28.5 Å². The number of aromatic nitrogens is 2. The molecule has 0 saturated carbocycles. The highest BCUT2D eigenvalue weighted by atomic mass is 35.5. The quantitative estimate of drug-likeness (QED) is 0.767. The van der Waals surface area contributed by atoms with Crippen molar-refractivity contribution < 1.29 is 4.79 Å². The van der Waals surface area contributed by atoms with Crippen LogP contribution in [0, 0.1) is 0 Å². The molecule has 0 fully saturated rings. The number of carbonyl (C=O) groups excluding carboxylic acids is 1. The van der Waals surface area contributed by atoms with Crippen molar-refractivity contribution in [3.63, 3.8) is 0 Å². The summed E-state index contributed by atoms with van der Waals surface area (Å²) in [7, 11) is 0. The first kappa shape index (κ1) is 16.5. The number of amides is 1. The lowest BCUT2D eigenvalue weighted by atomic mass is 9.84. The molecular weight excluding hydrogens is 322 g/mol. The van der Waals surface area contributed by atoms with Crippen molar-refractivity contribution in [2.24, 2.45) is 0 Å². The summed E-state index contributed by atoms with van der Waals surface area (Å²) in [5, 5.41) is 3.72. The van der Waals surface area contributed by atoms with E-state index in [4.69, 9.17) is 11.6 Å². The van der Waals surface area contributed by atoms with Crippen LogP contribution in [-0.2, 0) is 16.8 Å². The summed E-state index contributed by atoms with van der Waals surface area (Å²) in [5.41, 5.74) is 2.76. The number of para-hydroxylation sites is 2. The number of rotatable bonds is 5. The number of fused-ring (bicyclic) bond motifs is 1. The number of hydrogen-bond acceptors (Lipinski definition) is 2. The van der Waals surface area contributed by atoms with Crippen LogP contribution in [0.4, 0.5) is 0 Å². The molecule has 1 aromatic heterocycles. The molecule has 4 nitrogen and oxygen atoms in total. The maximum absolute atomic E-state index is 12.3. The Balaban J connectivity index is 1.65. The van der Waals surface area contributed by atoms with Gasteiger partial charge in [-0.15, -0.1) is 0 Å². The molecule has 0 bridgehead atoms. The third-order valence-electron chi connectivity index (χ3n) is 4.17. The largest absolute Gasteiger partial charge is 0.354 e. The molecule has 0 aliphatic heterocycles. The number of halogens is 1. The van der Waals surface area contributed by atoms with Gasteiger partial charge in [0.25, 0.3) is 0 Å². The molecule has 124 valence electrons. The fourth-order valence-electron chi connectivity index (χ4n) is 2.68. The Morgan fingerprint density at radius 1 is 1.21 bits per heavy atom. The van der Waals surface area contributed by atoms with Crippen LogP contribution in [0.15, 0.2) is 54.9 Å². The van der Waals surface area contributed by atoms with E-state index in [1.807, 2.05) is 53.1 Å². The van der Waals surface area contributed by atoms with E-state index >= 15 is 0 Å². The van der Waals surface area contributed by atoms with E-state index in [2.05, 4.69) is 24.1 Å². The lowest BCUT2D eigenvalue weighted by Crippen LogP contribution is -2.38. The number of carbonyl (C=O) groups is 1. The molecule has 3 aromatic rings. The number of nitrogens with one attached hydrogen (secondary N) is 1. The van der Waals surface area contributed by atoms with E-state index in [1.54, 1.807) is 6.33 Å². The van der Waals surface area contributed by atoms with Crippen LogP contribution in [0.2, 0.25) is 5.02 Å². The molecule has 1 heterocycles. The second kappa shape index (κ2) is 6.65. The Bertz CT molecular complexity index is 870. The smallest absolute Gasteiger partial charge is 0.240 e. The van der Waals surface area contributed by atoms with Crippen LogP contribution >= 0.6 is 11.6 Å². The molecule has 0 aliphatic carbocycles. The summed E-state index contributed by atoms with van der Waals surface area (Å²) in [6.07, 6.45) is 1.70. The molecule has 0 radical (unpaired) electrons. The predicted octanol–water partition coefficient (Wildman–Crippen LogP) is 3.78. The molecule has 1 N–H and O–H groups in total. The third-order valence-corrected chi connectivity index (χ3v) is 4.41. The maximum atomic E-state index is 12.3. The molecule has 0 saturated heterocycles. The van der Waals surface area contributed by atoms with Crippen molar-refractivity contribution in [3.05, 3.63) is 65.4 Å². The fraction of sp³-hybridized carbons (Fsp3) is 0.263. The first-order valence-electron chi connectivity index (χ1n) is 7.88. The summed E-state index contributed by atoms with van der Waals surface area (Å²) < 4.78 is 1.86. The zero-order valence-electron chi connectivity index (χ0n) is 13.8. The first-order valence-corrected chi connectivity index (χ1v) is 8.26. The number of hydrogen-bond donors (Lipinski definition) is 1. The number of benzene rings is 2. The summed E-state index contributed by atoms with van der Waals surface area (Å²) in [5.74, 6) is -0.0340. The van der Waals surface area contributed by atoms with Gasteiger partial charge in [0.15, 0.2) is 0 Å². The lowest BCUT2D eigenvalue weighted by Gasteiger charge is -2.26. The second-order valence-electron chi connectivity index (χ2n) is 6.53. The Labute approximate surface area is 146 Å². The topological polar surface area (TPSA) is 46.9 Å². The van der Waals surface area contributed by atoms with Crippen LogP contribution in [0.1, 0.15) is 19.4 Å². The van der Waals surface area contributed by atoms with E-state index in [1.165, 1.54) is 0 Å². The Kier molecular flexibility index (Phi) is 4.58. The predicted molar refractivity (Wildman–Crippen MR) is 97.2 cm³/mol. The SMILES string of the molecule is CC(C)(CNC(=O)Cn1cnc2ccccc21)c1cccc(Cl)c1. The minimum absolute atomic E-state index is 0.0340. The van der Waals surface area contributed by atoms with E-state index in [0.29, 0.717) is 11.6 Å². The second-order valence-corrected chi connectivity index (χ2v) is 6.97. The molecule has 24 heavy (non-hydrogen) atoms. The zero-order valence-corrected chi connectivity index (χ0v) is 14.5. The van der Waals surface area contributed by atoms with Gasteiger partial charge >= 0.3 is 0 Å². The average Bonchev–Trinajstić information content (AvgIpc) is 2.96. The average molecular weight is 342 g/mol. The van der Waals surface area contributed by atoms with Gasteiger partial charge in [-0.1, -0.05) is 49.7 Å². The number of imidazole rings is 1. The van der Waals surface area contributed by atoms with Gasteiger partial charge in [-0.05, 0) is 29.8 Å². The highest BCUT2D eigenvalue weighted by molar-refractivity contribution is 6.30. The minimum Gasteiger partial charge on any atom is -0.354 e. The highest BCUT2D eigenvalue weighted by Gasteiger charge is 2.21. The van der Waals surface area contributed by atoms with Gasteiger partial charge in [0.1, 0.15) is 6.54 Å². The standard InChI is InChI=1S/C19H20ClN3O/c1-19(2,14-6-5-7-15(20)10-14)12-21-18(24)11-23-13-22-16-8-3-4-9-17(16)23/h3-10,13H,11-12H2,1-2H3,(H,21,24). The van der Waals surface area contributed by atoms with Crippen molar-refractivity contribution in [1.82, 2.24) is 14.9 Å². The lowest BCUT2D eigenvalue weighted by molar-refractivity contribution is -0.121. The van der Waals surface area contributed by atoms with Gasteiger partial charge in [0.2, 0.25) is 5.91 Å². The van der Waals surface area contributed by atoms with Gasteiger partial charge in [-0.2, -0.15) is 0 Å². The van der Waals surface area contributed by atoms with Gasteiger partial charge < -0.3 is 9.88 Å². The number of nitrogens with zero attached hydrogens (tertiary/aromatic N) is 2. The monoisotopic (exact) mass is 341 g/mol. The van der Waals surface area contributed by atoms with Crippen molar-refractivity contribution in [2.75, 3.05) is 6.54 Å². The molecule has 5 heteroatoms.